The summed E-state index contributed by atoms with van der Waals surface area (Å²) in [6.45, 7) is -0.256. The van der Waals surface area contributed by atoms with Gasteiger partial charge in [0.15, 0.2) is 6.61 Å². The Balaban J connectivity index is 1.53. The van der Waals surface area contributed by atoms with Gasteiger partial charge < -0.3 is 10.2 Å². The van der Waals surface area contributed by atoms with Crippen molar-refractivity contribution >= 4 is 27.5 Å². The van der Waals surface area contributed by atoms with E-state index in [9.17, 15) is 26.4 Å². The van der Waals surface area contributed by atoms with E-state index >= 15 is 0 Å². The molecule has 1 amide bonds. The molecule has 1 saturated heterocycles. The summed E-state index contributed by atoms with van der Waals surface area (Å²) in [5.41, 5.74) is -0.466. The zero-order valence-electron chi connectivity index (χ0n) is 16.2. The van der Waals surface area contributed by atoms with E-state index in [0.717, 1.165) is 22.5 Å². The second kappa shape index (κ2) is 9.43. The van der Waals surface area contributed by atoms with Crippen molar-refractivity contribution in [3.8, 4) is 0 Å². The minimum absolute atomic E-state index is 0.0426. The van der Waals surface area contributed by atoms with Gasteiger partial charge in [0.2, 0.25) is 10.0 Å². The van der Waals surface area contributed by atoms with Gasteiger partial charge in [-0.2, -0.15) is 17.5 Å². The summed E-state index contributed by atoms with van der Waals surface area (Å²) in [5.74, 6) is -0.0792. The van der Waals surface area contributed by atoms with E-state index in [1.165, 1.54) is 6.20 Å². The smallest absolute Gasteiger partial charge is 0.386 e. The number of piperidine rings is 1. The fraction of sp³-hybridized carbons (Fsp3) is 0.316. The van der Waals surface area contributed by atoms with Crippen LogP contribution in [0.25, 0.3) is 0 Å². The molecule has 1 aromatic carbocycles. The van der Waals surface area contributed by atoms with E-state index in [2.05, 4.69) is 15.5 Å². The summed E-state index contributed by atoms with van der Waals surface area (Å²) in [4.78, 5) is 20.3. The van der Waals surface area contributed by atoms with Gasteiger partial charge in [-0.15, -0.1) is 0 Å². The van der Waals surface area contributed by atoms with Crippen LogP contribution in [0, 0.1) is 0 Å². The summed E-state index contributed by atoms with van der Waals surface area (Å²) in [7, 11) is -4.07. The summed E-state index contributed by atoms with van der Waals surface area (Å²) in [6.07, 6.45) is -2.63. The lowest BCUT2D eigenvalue weighted by Gasteiger charge is -2.26. The zero-order chi connectivity index (χ0) is 22.5. The molecule has 0 saturated carbocycles. The number of anilines is 1. The standard InChI is InChI=1S/C19H19F3N4O4S/c20-19(21,22)14-4-3-5-16(12-14)31(28,29)26-10-7-15(8-11-26)25-30-13-18(27)24-17-6-1-2-9-23-17/h1-6,9,12H,7-8,10-11,13H2,(H,23,24,27). The molecule has 2 aromatic rings. The third-order valence-electron chi connectivity index (χ3n) is 4.42. The van der Waals surface area contributed by atoms with Crippen LogP contribution in [0.15, 0.2) is 58.7 Å². The number of aromatic nitrogens is 1. The maximum atomic E-state index is 12.9. The van der Waals surface area contributed by atoms with Gasteiger partial charge in [0.25, 0.3) is 5.91 Å². The molecule has 0 atom stereocenters. The molecule has 1 fully saturated rings. The third-order valence-corrected chi connectivity index (χ3v) is 6.32. The monoisotopic (exact) mass is 456 g/mol. The van der Waals surface area contributed by atoms with E-state index in [0.29, 0.717) is 17.6 Å². The largest absolute Gasteiger partial charge is 0.416 e. The average molecular weight is 456 g/mol. The molecule has 166 valence electrons. The number of pyridine rings is 1. The van der Waals surface area contributed by atoms with Crippen molar-refractivity contribution in [1.29, 1.82) is 0 Å². The molecule has 1 aromatic heterocycles. The Morgan fingerprint density at radius 2 is 1.90 bits per heavy atom. The van der Waals surface area contributed by atoms with Crippen LogP contribution in [0.2, 0.25) is 0 Å². The van der Waals surface area contributed by atoms with Crippen molar-refractivity contribution in [2.75, 3.05) is 25.0 Å². The van der Waals surface area contributed by atoms with Crippen LogP contribution < -0.4 is 5.32 Å². The van der Waals surface area contributed by atoms with E-state index < -0.39 is 32.6 Å². The van der Waals surface area contributed by atoms with Gasteiger partial charge in [-0.25, -0.2) is 13.4 Å². The molecule has 0 spiro atoms. The molecule has 3 rings (SSSR count). The van der Waals surface area contributed by atoms with Crippen LogP contribution in [0.3, 0.4) is 0 Å². The van der Waals surface area contributed by atoms with Crippen LogP contribution in [0.4, 0.5) is 19.0 Å². The Morgan fingerprint density at radius 1 is 1.16 bits per heavy atom. The molecule has 12 heteroatoms. The highest BCUT2D eigenvalue weighted by atomic mass is 32.2. The van der Waals surface area contributed by atoms with Crippen LogP contribution >= 0.6 is 0 Å². The van der Waals surface area contributed by atoms with Crippen molar-refractivity contribution in [1.82, 2.24) is 9.29 Å². The number of hydrogen-bond acceptors (Lipinski definition) is 6. The molecular formula is C19H19F3N4O4S. The van der Waals surface area contributed by atoms with Crippen LogP contribution in [0.1, 0.15) is 18.4 Å². The van der Waals surface area contributed by atoms with Gasteiger partial charge >= 0.3 is 6.18 Å². The number of alkyl halides is 3. The van der Waals surface area contributed by atoms with Gasteiger partial charge in [-0.1, -0.05) is 17.3 Å². The van der Waals surface area contributed by atoms with Gasteiger partial charge in [-0.05, 0) is 30.3 Å². The summed E-state index contributed by atoms with van der Waals surface area (Å²) >= 11 is 0. The molecule has 1 aliphatic rings. The van der Waals surface area contributed by atoms with Crippen LogP contribution in [-0.2, 0) is 25.8 Å². The van der Waals surface area contributed by atoms with Crippen LogP contribution in [-0.4, -0.2) is 49.0 Å². The molecule has 31 heavy (non-hydrogen) atoms. The molecular weight excluding hydrogens is 437 g/mol. The van der Waals surface area contributed by atoms with Crippen molar-refractivity contribution in [2.24, 2.45) is 5.16 Å². The van der Waals surface area contributed by atoms with Gasteiger partial charge in [0, 0.05) is 32.1 Å². The number of rotatable bonds is 6. The minimum atomic E-state index is -4.63. The Bertz CT molecular complexity index is 1050. The fourth-order valence-electron chi connectivity index (χ4n) is 2.86. The maximum absolute atomic E-state index is 12.9. The molecule has 1 N–H and O–H groups in total. The Labute approximate surface area is 176 Å². The van der Waals surface area contributed by atoms with Crippen molar-refractivity contribution in [3.63, 3.8) is 0 Å². The van der Waals surface area contributed by atoms with Crippen molar-refractivity contribution < 1.29 is 31.2 Å². The molecule has 0 radical (unpaired) electrons. The lowest BCUT2D eigenvalue weighted by molar-refractivity contribution is -0.137. The van der Waals surface area contributed by atoms with Gasteiger partial charge in [0.1, 0.15) is 5.82 Å². The predicted molar refractivity (Wildman–Crippen MR) is 106 cm³/mol. The van der Waals surface area contributed by atoms with Gasteiger partial charge in [0.05, 0.1) is 16.2 Å². The SMILES string of the molecule is O=C(CON=C1CCN(S(=O)(=O)c2cccc(C(F)(F)F)c2)CC1)Nc1ccccn1. The third kappa shape index (κ3) is 6.01. The highest BCUT2D eigenvalue weighted by molar-refractivity contribution is 7.89. The first-order valence-electron chi connectivity index (χ1n) is 9.22. The number of nitrogens with one attached hydrogen (secondary N) is 1. The number of carbonyl (C=O) groups excluding carboxylic acids is 1. The number of nitrogens with zero attached hydrogens (tertiary/aromatic N) is 3. The molecule has 0 bridgehead atoms. The Kier molecular flexibility index (Phi) is 6.91. The summed E-state index contributed by atoms with van der Waals surface area (Å²) in [5, 5.41) is 6.39. The first-order valence-corrected chi connectivity index (χ1v) is 10.7. The number of amides is 1. The fourth-order valence-corrected chi connectivity index (χ4v) is 4.34. The average Bonchev–Trinajstić information content (AvgIpc) is 2.74. The van der Waals surface area contributed by atoms with E-state index in [1.807, 2.05) is 0 Å². The second-order valence-electron chi connectivity index (χ2n) is 6.62. The Morgan fingerprint density at radius 3 is 2.55 bits per heavy atom. The summed E-state index contributed by atoms with van der Waals surface area (Å²) in [6, 6.07) is 8.68. The number of benzene rings is 1. The van der Waals surface area contributed by atoms with Crippen molar-refractivity contribution in [3.05, 3.63) is 54.2 Å². The minimum Gasteiger partial charge on any atom is -0.386 e. The lowest BCUT2D eigenvalue weighted by atomic mass is 10.1. The van der Waals surface area contributed by atoms with E-state index in [-0.39, 0.29) is 32.5 Å². The van der Waals surface area contributed by atoms with Gasteiger partial charge in [-0.3, -0.25) is 4.79 Å². The Hall–Kier alpha value is -2.99. The molecule has 8 nitrogen and oxygen atoms in total. The quantitative estimate of drug-likeness (QED) is 0.674. The lowest BCUT2D eigenvalue weighted by Crippen LogP contribution is -2.38. The number of hydrogen-bond donors (Lipinski definition) is 1. The first-order chi connectivity index (χ1) is 14.7. The molecule has 0 unspecified atom stereocenters. The van der Waals surface area contributed by atoms with Crippen molar-refractivity contribution in [2.45, 2.75) is 23.9 Å². The molecule has 1 aliphatic heterocycles. The number of carbonyl (C=O) groups is 1. The number of sulfonamides is 1. The highest BCUT2D eigenvalue weighted by Crippen LogP contribution is 2.31. The topological polar surface area (TPSA) is 101 Å². The normalized spacial score (nSPS) is 15.4. The number of oxime groups is 1. The first kappa shape index (κ1) is 22.7. The second-order valence-corrected chi connectivity index (χ2v) is 8.56. The predicted octanol–water partition coefficient (Wildman–Crippen LogP) is 2.90. The maximum Gasteiger partial charge on any atom is 0.416 e. The molecule has 0 aliphatic carbocycles. The highest BCUT2D eigenvalue weighted by Gasteiger charge is 2.33. The zero-order valence-corrected chi connectivity index (χ0v) is 17.0. The number of halogens is 3. The van der Waals surface area contributed by atoms with E-state index in [4.69, 9.17) is 4.84 Å². The van der Waals surface area contributed by atoms with Crippen LogP contribution in [0.5, 0.6) is 0 Å². The molecule has 2 heterocycles. The van der Waals surface area contributed by atoms with E-state index in [1.54, 1.807) is 18.2 Å². The summed E-state index contributed by atoms with van der Waals surface area (Å²) < 4.78 is 65.1.